The van der Waals surface area contributed by atoms with Gasteiger partial charge in [0, 0.05) is 5.92 Å². The Hall–Kier alpha value is -3.20. The molecule has 1 fully saturated rings. The van der Waals surface area contributed by atoms with E-state index in [1.54, 1.807) is 19.1 Å². The maximum absolute atomic E-state index is 14.0. The minimum Gasteiger partial charge on any atom is -0.507 e. The third kappa shape index (κ3) is 4.84. The van der Waals surface area contributed by atoms with Crippen molar-refractivity contribution in [2.75, 3.05) is 19.7 Å². The number of hydrogen-bond donors (Lipinski definition) is 2. The van der Waals surface area contributed by atoms with Gasteiger partial charge in [-0.15, -0.1) is 0 Å². The molecule has 4 rings (SSSR count). The monoisotopic (exact) mass is 478 g/mol. The van der Waals surface area contributed by atoms with Crippen molar-refractivity contribution in [1.29, 1.82) is 0 Å². The van der Waals surface area contributed by atoms with Gasteiger partial charge in [0.15, 0.2) is 17.1 Å². The number of ether oxygens (including phenoxy) is 2. The summed E-state index contributed by atoms with van der Waals surface area (Å²) in [6, 6.07) is 8.73. The fraction of sp³-hybridized carbons (Fsp3) is 0.400. The molecule has 6 nitrogen and oxygen atoms in total. The molecular formula is C25H27F3NO5+. The number of phenolic OH excluding ortho intramolecular Hbond substituents is 1. The van der Waals surface area contributed by atoms with Gasteiger partial charge < -0.3 is 23.9 Å². The van der Waals surface area contributed by atoms with Crippen molar-refractivity contribution in [3.05, 3.63) is 57.9 Å². The molecular weight excluding hydrogens is 451 g/mol. The van der Waals surface area contributed by atoms with Crippen LogP contribution >= 0.6 is 0 Å². The lowest BCUT2D eigenvalue weighted by Crippen LogP contribution is -3.12. The molecule has 9 heteroatoms. The van der Waals surface area contributed by atoms with Gasteiger partial charge in [-0.05, 0) is 44.0 Å². The van der Waals surface area contributed by atoms with Crippen LogP contribution < -0.4 is 19.8 Å². The van der Waals surface area contributed by atoms with Crippen LogP contribution in [0.25, 0.3) is 11.0 Å². The molecule has 2 heterocycles. The minimum atomic E-state index is -5.00. The highest BCUT2D eigenvalue weighted by atomic mass is 19.4. The smallest absolute Gasteiger partial charge is 0.453 e. The van der Waals surface area contributed by atoms with Crippen molar-refractivity contribution in [1.82, 2.24) is 0 Å². The summed E-state index contributed by atoms with van der Waals surface area (Å²) in [5.74, 6) is -2.10. The molecule has 0 amide bonds. The fourth-order valence-electron chi connectivity index (χ4n) is 4.46. The lowest BCUT2D eigenvalue weighted by atomic mass is 9.99. The Kier molecular flexibility index (Phi) is 6.74. The van der Waals surface area contributed by atoms with Crippen LogP contribution in [-0.2, 0) is 12.7 Å². The normalized spacial score (nSPS) is 18.7. The van der Waals surface area contributed by atoms with Crippen LogP contribution in [0.2, 0.25) is 0 Å². The Bertz CT molecular complexity index is 1240. The van der Waals surface area contributed by atoms with E-state index in [-0.39, 0.29) is 46.9 Å². The molecule has 2 aromatic carbocycles. The quantitative estimate of drug-likeness (QED) is 0.545. The molecule has 2 atom stereocenters. The van der Waals surface area contributed by atoms with Crippen LogP contribution in [0, 0.1) is 5.92 Å². The zero-order chi connectivity index (χ0) is 24.5. The number of quaternary nitrogens is 1. The molecule has 1 saturated heterocycles. The fourth-order valence-corrected chi connectivity index (χ4v) is 4.46. The molecule has 182 valence electrons. The summed E-state index contributed by atoms with van der Waals surface area (Å²) in [5.41, 5.74) is -1.05. The third-order valence-electron chi connectivity index (χ3n) is 6.01. The first-order valence-corrected chi connectivity index (χ1v) is 11.3. The van der Waals surface area contributed by atoms with Crippen LogP contribution in [0.15, 0.2) is 45.6 Å². The Morgan fingerprint density at radius 3 is 2.59 bits per heavy atom. The van der Waals surface area contributed by atoms with E-state index in [0.717, 1.165) is 30.8 Å². The maximum atomic E-state index is 14.0. The van der Waals surface area contributed by atoms with Crippen LogP contribution in [0.4, 0.5) is 13.2 Å². The molecule has 0 bridgehead atoms. The van der Waals surface area contributed by atoms with Gasteiger partial charge in [0.2, 0.25) is 11.2 Å². The average molecular weight is 478 g/mol. The second-order valence-corrected chi connectivity index (χ2v) is 8.64. The summed E-state index contributed by atoms with van der Waals surface area (Å²) >= 11 is 0. The number of rotatable bonds is 6. The van der Waals surface area contributed by atoms with Gasteiger partial charge in [0.05, 0.1) is 30.6 Å². The van der Waals surface area contributed by atoms with Crippen LogP contribution in [-0.4, -0.2) is 24.8 Å². The van der Waals surface area contributed by atoms with Crippen molar-refractivity contribution < 1.29 is 37.1 Å². The van der Waals surface area contributed by atoms with Crippen molar-refractivity contribution >= 4 is 11.0 Å². The van der Waals surface area contributed by atoms with E-state index in [4.69, 9.17) is 13.9 Å². The highest BCUT2D eigenvalue weighted by Crippen LogP contribution is 2.41. The molecule has 2 N–H and O–H groups in total. The zero-order valence-electron chi connectivity index (χ0n) is 19.0. The van der Waals surface area contributed by atoms with E-state index in [9.17, 15) is 23.1 Å². The van der Waals surface area contributed by atoms with Crippen molar-refractivity contribution in [2.24, 2.45) is 5.92 Å². The van der Waals surface area contributed by atoms with E-state index in [1.165, 1.54) is 24.3 Å². The lowest BCUT2D eigenvalue weighted by molar-refractivity contribution is -0.922. The molecule has 0 spiro atoms. The molecule has 34 heavy (non-hydrogen) atoms. The van der Waals surface area contributed by atoms with Crippen molar-refractivity contribution in [3.63, 3.8) is 0 Å². The number of halogens is 3. The standard InChI is InChI=1S/C25H26F3NO5/c1-3-32-19-8-4-5-9-20(19)33-23-21(31)16-10-11-18(30)17(14-29-12-6-7-15(2)13-29)22(16)34-24(23)25(26,27)28/h4-5,8-11,15,30H,3,6-7,12-14H2,1-2H3/p+1/t15-/m0/s1. The summed E-state index contributed by atoms with van der Waals surface area (Å²) in [6.07, 6.45) is -2.93. The summed E-state index contributed by atoms with van der Waals surface area (Å²) in [7, 11) is 0. The second kappa shape index (κ2) is 9.58. The molecule has 3 aromatic rings. The van der Waals surface area contributed by atoms with E-state index in [2.05, 4.69) is 6.92 Å². The molecule has 0 radical (unpaired) electrons. The molecule has 1 aromatic heterocycles. The SMILES string of the molecule is CCOc1ccccc1Oc1c(C(F)(F)F)oc2c(C[NH+]3CCC[C@H](C)C3)c(O)ccc2c1=O. The number of alkyl halides is 3. The van der Waals surface area contributed by atoms with Gasteiger partial charge in [0.25, 0.3) is 5.76 Å². The average Bonchev–Trinajstić information content (AvgIpc) is 2.78. The Labute approximate surface area is 194 Å². The van der Waals surface area contributed by atoms with Gasteiger partial charge >= 0.3 is 6.18 Å². The van der Waals surface area contributed by atoms with Gasteiger partial charge in [-0.25, -0.2) is 0 Å². The van der Waals surface area contributed by atoms with Gasteiger partial charge in [-0.2, -0.15) is 13.2 Å². The number of fused-ring (bicyclic) bond motifs is 1. The number of benzene rings is 2. The summed E-state index contributed by atoms with van der Waals surface area (Å²) in [5, 5.41) is 10.4. The maximum Gasteiger partial charge on any atom is 0.453 e. The lowest BCUT2D eigenvalue weighted by Gasteiger charge is -2.28. The summed E-state index contributed by atoms with van der Waals surface area (Å²) < 4.78 is 58.3. The number of hydrogen-bond acceptors (Lipinski definition) is 5. The van der Waals surface area contributed by atoms with Crippen LogP contribution in [0.3, 0.4) is 0 Å². The molecule has 0 aliphatic carbocycles. The Morgan fingerprint density at radius 2 is 1.91 bits per heavy atom. The first-order chi connectivity index (χ1) is 16.2. The highest BCUT2D eigenvalue weighted by Gasteiger charge is 2.41. The zero-order valence-corrected chi connectivity index (χ0v) is 19.0. The van der Waals surface area contributed by atoms with E-state index >= 15 is 0 Å². The Balaban J connectivity index is 1.86. The molecule has 1 aliphatic heterocycles. The number of aromatic hydroxyl groups is 1. The van der Waals surface area contributed by atoms with Gasteiger partial charge in [0.1, 0.15) is 12.3 Å². The minimum absolute atomic E-state index is 0.0350. The number of para-hydroxylation sites is 2. The first kappa shape index (κ1) is 23.9. The number of nitrogens with one attached hydrogen (secondary N) is 1. The third-order valence-corrected chi connectivity index (χ3v) is 6.01. The predicted octanol–water partition coefficient (Wildman–Crippen LogP) is 4.52. The molecule has 1 aliphatic rings. The van der Waals surface area contributed by atoms with E-state index in [1.807, 2.05) is 0 Å². The van der Waals surface area contributed by atoms with Crippen LogP contribution in [0.1, 0.15) is 38.0 Å². The molecule has 1 unspecified atom stereocenters. The predicted molar refractivity (Wildman–Crippen MR) is 120 cm³/mol. The second-order valence-electron chi connectivity index (χ2n) is 8.64. The van der Waals surface area contributed by atoms with E-state index in [0.29, 0.717) is 5.92 Å². The number of phenols is 1. The summed E-state index contributed by atoms with van der Waals surface area (Å²) in [4.78, 5) is 14.4. The van der Waals surface area contributed by atoms with E-state index < -0.39 is 23.1 Å². The Morgan fingerprint density at radius 1 is 1.18 bits per heavy atom. The number of likely N-dealkylation sites (tertiary alicyclic amines) is 1. The van der Waals surface area contributed by atoms with Gasteiger partial charge in [-0.1, -0.05) is 19.1 Å². The first-order valence-electron chi connectivity index (χ1n) is 11.3. The number of piperidine rings is 1. The molecule has 0 saturated carbocycles. The van der Waals surface area contributed by atoms with Crippen LogP contribution in [0.5, 0.6) is 23.0 Å². The topological polar surface area (TPSA) is 73.3 Å². The van der Waals surface area contributed by atoms with Gasteiger partial charge in [-0.3, -0.25) is 4.79 Å². The highest BCUT2D eigenvalue weighted by molar-refractivity contribution is 5.83. The van der Waals surface area contributed by atoms with Crippen molar-refractivity contribution in [3.8, 4) is 23.0 Å². The van der Waals surface area contributed by atoms with Crippen molar-refractivity contribution in [2.45, 2.75) is 39.4 Å². The summed E-state index contributed by atoms with van der Waals surface area (Å²) in [6.45, 7) is 6.00. The largest absolute Gasteiger partial charge is 0.507 e.